The molecule has 7 heteroatoms. The second-order valence-corrected chi connectivity index (χ2v) is 3.76. The van der Waals surface area contributed by atoms with Crippen LogP contribution in [0.2, 0.25) is 0 Å². The quantitative estimate of drug-likeness (QED) is 0.656. The maximum absolute atomic E-state index is 10.4. The molecule has 0 spiro atoms. The molecule has 2 aromatic rings. The number of phenols is 1. The van der Waals surface area contributed by atoms with E-state index in [1.807, 2.05) is 0 Å². The number of aromatic hydroxyl groups is 1. The van der Waals surface area contributed by atoms with Crippen molar-refractivity contribution in [2.45, 2.75) is 0 Å². The van der Waals surface area contributed by atoms with E-state index in [0.29, 0.717) is 0 Å². The summed E-state index contributed by atoms with van der Waals surface area (Å²) >= 11 is 0.801. The van der Waals surface area contributed by atoms with Crippen LogP contribution in [0.4, 0.5) is 5.00 Å². The van der Waals surface area contributed by atoms with Gasteiger partial charge in [-0.3, -0.25) is 10.1 Å². The summed E-state index contributed by atoms with van der Waals surface area (Å²) in [5, 5.41) is 19.8. The van der Waals surface area contributed by atoms with Crippen molar-refractivity contribution >= 4 is 16.3 Å². The van der Waals surface area contributed by atoms with E-state index in [1.54, 1.807) is 18.2 Å². The average Bonchev–Trinajstić information content (AvgIpc) is 2.70. The third-order valence-electron chi connectivity index (χ3n) is 1.71. The number of ether oxygens (including phenoxy) is 1. The molecule has 0 atom stereocenters. The smallest absolute Gasteiger partial charge is 0.347 e. The highest BCUT2D eigenvalue weighted by atomic mass is 32.1. The van der Waals surface area contributed by atoms with Crippen molar-refractivity contribution in [2.24, 2.45) is 0 Å². The van der Waals surface area contributed by atoms with Gasteiger partial charge in [0.15, 0.2) is 11.5 Å². The van der Waals surface area contributed by atoms with Crippen LogP contribution in [0, 0.1) is 10.1 Å². The van der Waals surface area contributed by atoms with E-state index >= 15 is 0 Å². The summed E-state index contributed by atoms with van der Waals surface area (Å²) in [6.45, 7) is 0. The van der Waals surface area contributed by atoms with Gasteiger partial charge in [-0.15, -0.1) is 0 Å². The van der Waals surface area contributed by atoms with Crippen LogP contribution >= 0.6 is 11.3 Å². The van der Waals surface area contributed by atoms with E-state index in [-0.39, 0.29) is 21.7 Å². The minimum absolute atomic E-state index is 0.0413. The van der Waals surface area contributed by atoms with Crippen LogP contribution in [0.3, 0.4) is 0 Å². The van der Waals surface area contributed by atoms with Crippen molar-refractivity contribution in [1.29, 1.82) is 0 Å². The summed E-state index contributed by atoms with van der Waals surface area (Å²) in [7, 11) is 0. The maximum Gasteiger partial charge on any atom is 0.347 e. The summed E-state index contributed by atoms with van der Waals surface area (Å²) < 4.78 is 5.19. The topological polar surface area (TPSA) is 85.5 Å². The Bertz CT molecular complexity index is 526. The molecular weight excluding hydrogens is 232 g/mol. The molecule has 0 amide bonds. The van der Waals surface area contributed by atoms with Crippen LogP contribution in [-0.2, 0) is 0 Å². The summed E-state index contributed by atoms with van der Waals surface area (Å²) in [6.07, 6.45) is 1.11. The standard InChI is InChI=1S/C9H6N2O4S/c12-6-3-1-2-4-7(6)15-9-10-5-8(16-9)11(13)14/h1-5,12H. The molecule has 0 saturated heterocycles. The number of hydrogen-bond acceptors (Lipinski definition) is 6. The van der Waals surface area contributed by atoms with Gasteiger partial charge in [0.1, 0.15) is 6.20 Å². The van der Waals surface area contributed by atoms with Crippen molar-refractivity contribution in [3.8, 4) is 16.7 Å². The van der Waals surface area contributed by atoms with Gasteiger partial charge in [-0.2, -0.15) is 0 Å². The van der Waals surface area contributed by atoms with Gasteiger partial charge < -0.3 is 9.84 Å². The molecule has 16 heavy (non-hydrogen) atoms. The summed E-state index contributed by atoms with van der Waals surface area (Å²) in [5.74, 6) is 0.173. The Hall–Kier alpha value is -2.15. The Balaban J connectivity index is 2.21. The fourth-order valence-corrected chi connectivity index (χ4v) is 1.61. The molecule has 82 valence electrons. The molecule has 1 heterocycles. The lowest BCUT2D eigenvalue weighted by Gasteiger charge is -2.02. The van der Waals surface area contributed by atoms with E-state index in [1.165, 1.54) is 6.07 Å². The third kappa shape index (κ3) is 2.09. The SMILES string of the molecule is O=[N+]([O-])c1cnc(Oc2ccccc2O)s1. The van der Waals surface area contributed by atoms with E-state index in [9.17, 15) is 15.2 Å². The van der Waals surface area contributed by atoms with Crippen LogP contribution < -0.4 is 4.74 Å². The largest absolute Gasteiger partial charge is 0.504 e. The van der Waals surface area contributed by atoms with E-state index < -0.39 is 4.92 Å². The molecule has 2 rings (SSSR count). The number of para-hydroxylation sites is 2. The lowest BCUT2D eigenvalue weighted by atomic mass is 10.3. The monoisotopic (exact) mass is 238 g/mol. The van der Waals surface area contributed by atoms with E-state index in [0.717, 1.165) is 17.5 Å². The van der Waals surface area contributed by atoms with Gasteiger partial charge in [0, 0.05) is 0 Å². The van der Waals surface area contributed by atoms with Crippen molar-refractivity contribution in [1.82, 2.24) is 4.98 Å². The Morgan fingerprint density at radius 3 is 2.81 bits per heavy atom. The van der Waals surface area contributed by atoms with Crippen LogP contribution in [-0.4, -0.2) is 15.0 Å². The molecule has 0 saturated carbocycles. The zero-order valence-corrected chi connectivity index (χ0v) is 8.68. The summed E-state index contributed by atoms with van der Waals surface area (Å²) in [5.41, 5.74) is 0. The molecule has 0 radical (unpaired) electrons. The molecule has 1 N–H and O–H groups in total. The number of hydrogen-bond donors (Lipinski definition) is 1. The first kappa shape index (κ1) is 10.4. The van der Waals surface area contributed by atoms with Gasteiger partial charge in [-0.05, 0) is 23.5 Å². The zero-order valence-electron chi connectivity index (χ0n) is 7.86. The van der Waals surface area contributed by atoms with E-state index in [2.05, 4.69) is 4.98 Å². The third-order valence-corrected chi connectivity index (χ3v) is 2.54. The molecule has 1 aromatic carbocycles. The summed E-state index contributed by atoms with van der Waals surface area (Å²) in [6, 6.07) is 6.32. The lowest BCUT2D eigenvalue weighted by Crippen LogP contribution is -1.82. The predicted molar refractivity (Wildman–Crippen MR) is 56.9 cm³/mol. The molecule has 0 bridgehead atoms. The van der Waals surface area contributed by atoms with Crippen molar-refractivity contribution in [2.75, 3.05) is 0 Å². The minimum atomic E-state index is -0.546. The first-order valence-electron chi connectivity index (χ1n) is 4.23. The van der Waals surface area contributed by atoms with Crippen LogP contribution in [0.1, 0.15) is 0 Å². The van der Waals surface area contributed by atoms with Gasteiger partial charge >= 0.3 is 5.00 Å². The predicted octanol–water partition coefficient (Wildman–Crippen LogP) is 2.55. The first-order valence-corrected chi connectivity index (χ1v) is 5.04. The number of aromatic nitrogens is 1. The van der Waals surface area contributed by atoms with Gasteiger partial charge in [0.25, 0.3) is 5.19 Å². The number of nitrogens with zero attached hydrogens (tertiary/aromatic N) is 2. The highest BCUT2D eigenvalue weighted by Crippen LogP contribution is 2.34. The highest BCUT2D eigenvalue weighted by Gasteiger charge is 2.13. The Morgan fingerprint density at radius 2 is 2.19 bits per heavy atom. The number of phenolic OH excluding ortho intramolecular Hbond substituents is 1. The number of thiazole rings is 1. The molecule has 0 aliphatic heterocycles. The molecule has 1 aromatic heterocycles. The first-order chi connectivity index (χ1) is 7.66. The fourth-order valence-electron chi connectivity index (χ4n) is 1.02. The fraction of sp³-hybridized carbons (Fsp3) is 0. The number of rotatable bonds is 3. The maximum atomic E-state index is 10.4. The lowest BCUT2D eigenvalue weighted by molar-refractivity contribution is -0.380. The summed E-state index contributed by atoms with van der Waals surface area (Å²) in [4.78, 5) is 13.6. The van der Waals surface area contributed by atoms with Crippen LogP contribution in [0.5, 0.6) is 16.7 Å². The highest BCUT2D eigenvalue weighted by molar-refractivity contribution is 7.16. The van der Waals surface area contributed by atoms with Crippen molar-refractivity contribution in [3.05, 3.63) is 40.6 Å². The normalized spacial score (nSPS) is 10.0. The van der Waals surface area contributed by atoms with Gasteiger partial charge in [-0.25, -0.2) is 4.98 Å². The molecule has 0 fully saturated rings. The van der Waals surface area contributed by atoms with Gasteiger partial charge in [-0.1, -0.05) is 12.1 Å². The average molecular weight is 238 g/mol. The van der Waals surface area contributed by atoms with Crippen molar-refractivity contribution in [3.63, 3.8) is 0 Å². The van der Waals surface area contributed by atoms with Crippen LogP contribution in [0.25, 0.3) is 0 Å². The van der Waals surface area contributed by atoms with Gasteiger partial charge in [0.05, 0.1) is 4.92 Å². The Kier molecular flexibility index (Phi) is 2.69. The number of benzene rings is 1. The Morgan fingerprint density at radius 1 is 1.44 bits per heavy atom. The Labute approximate surface area is 93.9 Å². The van der Waals surface area contributed by atoms with E-state index in [4.69, 9.17) is 4.74 Å². The zero-order chi connectivity index (χ0) is 11.5. The van der Waals surface area contributed by atoms with Crippen LogP contribution in [0.15, 0.2) is 30.5 Å². The second-order valence-electron chi connectivity index (χ2n) is 2.79. The van der Waals surface area contributed by atoms with Gasteiger partial charge in [0.2, 0.25) is 0 Å². The molecule has 0 aliphatic carbocycles. The molecule has 0 unspecified atom stereocenters. The molecule has 6 nitrogen and oxygen atoms in total. The van der Waals surface area contributed by atoms with Crippen molar-refractivity contribution < 1.29 is 14.8 Å². The minimum Gasteiger partial charge on any atom is -0.504 e. The second kappa shape index (κ2) is 4.15. The molecule has 0 aliphatic rings. The molecular formula is C9H6N2O4S. The number of nitro groups is 1.